The fourth-order valence-electron chi connectivity index (χ4n) is 2.31. The van der Waals surface area contributed by atoms with Crippen LogP contribution in [0.25, 0.3) is 0 Å². The molecule has 4 nitrogen and oxygen atoms in total. The van der Waals surface area contributed by atoms with E-state index in [1.807, 2.05) is 24.3 Å². The van der Waals surface area contributed by atoms with Crippen molar-refractivity contribution >= 4 is 22.0 Å². The molecule has 2 N–H and O–H groups in total. The van der Waals surface area contributed by atoms with Crippen LogP contribution in [-0.2, 0) is 11.3 Å². The molecule has 1 aromatic rings. The maximum Gasteiger partial charge on any atom is 0.315 e. The lowest BCUT2D eigenvalue weighted by Crippen LogP contribution is -2.40. The summed E-state index contributed by atoms with van der Waals surface area (Å²) in [4.78, 5) is 11.8. The van der Waals surface area contributed by atoms with E-state index in [4.69, 9.17) is 4.74 Å². The molecule has 2 amide bonds. The van der Waals surface area contributed by atoms with Crippen LogP contribution in [0, 0.1) is 0 Å². The minimum absolute atomic E-state index is 0.107. The van der Waals surface area contributed by atoms with Gasteiger partial charge in [-0.15, -0.1) is 0 Å². The van der Waals surface area contributed by atoms with Crippen molar-refractivity contribution in [1.29, 1.82) is 0 Å². The van der Waals surface area contributed by atoms with Crippen LogP contribution in [0.15, 0.2) is 28.7 Å². The SMILES string of the molecule is COC1CCC(NC(=O)NCc2ccc(Br)cc2)C1. The van der Waals surface area contributed by atoms with Crippen LogP contribution in [0.3, 0.4) is 0 Å². The summed E-state index contributed by atoms with van der Waals surface area (Å²) >= 11 is 3.38. The molecule has 19 heavy (non-hydrogen) atoms. The second-order valence-corrected chi connectivity index (χ2v) is 5.74. The molecule has 0 bridgehead atoms. The van der Waals surface area contributed by atoms with Crippen molar-refractivity contribution < 1.29 is 9.53 Å². The lowest BCUT2D eigenvalue weighted by molar-refractivity contribution is 0.107. The van der Waals surface area contributed by atoms with E-state index in [9.17, 15) is 4.79 Å². The highest BCUT2D eigenvalue weighted by Gasteiger charge is 2.25. The maximum absolute atomic E-state index is 11.8. The van der Waals surface area contributed by atoms with Gasteiger partial charge in [0.1, 0.15) is 0 Å². The molecule has 2 atom stereocenters. The zero-order valence-electron chi connectivity index (χ0n) is 11.0. The highest BCUT2D eigenvalue weighted by atomic mass is 79.9. The van der Waals surface area contributed by atoms with E-state index in [0.717, 1.165) is 29.3 Å². The number of hydrogen-bond acceptors (Lipinski definition) is 2. The van der Waals surface area contributed by atoms with Gasteiger partial charge in [0.2, 0.25) is 0 Å². The molecule has 1 fully saturated rings. The van der Waals surface area contributed by atoms with Crippen molar-refractivity contribution in [3.05, 3.63) is 34.3 Å². The van der Waals surface area contributed by atoms with Crippen molar-refractivity contribution in [1.82, 2.24) is 10.6 Å². The number of rotatable bonds is 4. The Morgan fingerprint density at radius 1 is 1.37 bits per heavy atom. The molecule has 1 aliphatic rings. The van der Waals surface area contributed by atoms with Crippen molar-refractivity contribution in [2.24, 2.45) is 0 Å². The van der Waals surface area contributed by atoms with Gasteiger partial charge >= 0.3 is 6.03 Å². The molecule has 2 rings (SSSR count). The minimum atomic E-state index is -0.107. The number of carbonyl (C=O) groups excluding carboxylic acids is 1. The first-order valence-corrected chi connectivity index (χ1v) is 7.28. The van der Waals surface area contributed by atoms with Gasteiger partial charge in [0, 0.05) is 24.2 Å². The summed E-state index contributed by atoms with van der Waals surface area (Å²) in [5.41, 5.74) is 1.08. The number of halogens is 1. The van der Waals surface area contributed by atoms with Crippen molar-refractivity contribution in [2.75, 3.05) is 7.11 Å². The Hall–Kier alpha value is -1.07. The summed E-state index contributed by atoms with van der Waals surface area (Å²) in [6.45, 7) is 0.541. The third-order valence-corrected chi connectivity index (χ3v) is 3.95. The van der Waals surface area contributed by atoms with Crippen molar-refractivity contribution in [3.63, 3.8) is 0 Å². The molecule has 1 aliphatic carbocycles. The Morgan fingerprint density at radius 2 is 2.11 bits per heavy atom. The predicted octanol–water partition coefficient (Wildman–Crippen LogP) is 2.82. The van der Waals surface area contributed by atoms with Gasteiger partial charge in [0.25, 0.3) is 0 Å². The monoisotopic (exact) mass is 326 g/mol. The lowest BCUT2D eigenvalue weighted by atomic mass is 10.2. The first kappa shape index (κ1) is 14.3. The molecule has 1 aromatic carbocycles. The Balaban J connectivity index is 1.71. The molecule has 0 saturated heterocycles. The number of benzene rings is 1. The lowest BCUT2D eigenvalue weighted by Gasteiger charge is -2.13. The number of ether oxygens (including phenoxy) is 1. The number of methoxy groups -OCH3 is 1. The van der Waals surface area contributed by atoms with E-state index in [1.54, 1.807) is 7.11 Å². The van der Waals surface area contributed by atoms with Crippen molar-refractivity contribution in [2.45, 2.75) is 38.0 Å². The van der Waals surface area contributed by atoms with Gasteiger partial charge < -0.3 is 15.4 Å². The standard InChI is InChI=1S/C14H19BrN2O2/c1-19-13-7-6-12(8-13)17-14(18)16-9-10-2-4-11(15)5-3-10/h2-5,12-13H,6-9H2,1H3,(H2,16,17,18). The number of hydrogen-bond donors (Lipinski definition) is 2. The molecular weight excluding hydrogens is 308 g/mol. The van der Waals surface area contributed by atoms with Crippen LogP contribution in [0.4, 0.5) is 4.79 Å². The molecule has 5 heteroatoms. The molecule has 0 radical (unpaired) electrons. The minimum Gasteiger partial charge on any atom is -0.381 e. The fraction of sp³-hybridized carbons (Fsp3) is 0.500. The highest BCUT2D eigenvalue weighted by Crippen LogP contribution is 2.21. The van der Waals surface area contributed by atoms with Crippen LogP contribution < -0.4 is 10.6 Å². The van der Waals surface area contributed by atoms with Crippen LogP contribution in [0.5, 0.6) is 0 Å². The molecule has 0 spiro atoms. The van der Waals surface area contributed by atoms with E-state index in [-0.39, 0.29) is 18.2 Å². The Bertz CT molecular complexity index is 422. The summed E-state index contributed by atoms with van der Waals surface area (Å²) < 4.78 is 6.33. The van der Waals surface area contributed by atoms with Crippen LogP contribution in [-0.4, -0.2) is 25.3 Å². The van der Waals surface area contributed by atoms with Crippen LogP contribution >= 0.6 is 15.9 Å². The molecule has 104 valence electrons. The predicted molar refractivity (Wildman–Crippen MR) is 77.9 cm³/mol. The summed E-state index contributed by atoms with van der Waals surface area (Å²) in [5.74, 6) is 0. The Kier molecular flexibility index (Phi) is 5.22. The van der Waals surface area contributed by atoms with Gasteiger partial charge in [-0.3, -0.25) is 0 Å². The molecule has 1 saturated carbocycles. The maximum atomic E-state index is 11.8. The molecule has 0 aliphatic heterocycles. The van der Waals surface area contributed by atoms with Crippen LogP contribution in [0.1, 0.15) is 24.8 Å². The highest BCUT2D eigenvalue weighted by molar-refractivity contribution is 9.10. The Morgan fingerprint density at radius 3 is 2.74 bits per heavy atom. The molecular formula is C14H19BrN2O2. The summed E-state index contributed by atoms with van der Waals surface area (Å²) in [5, 5.41) is 5.86. The summed E-state index contributed by atoms with van der Waals surface area (Å²) in [6.07, 6.45) is 3.21. The first-order chi connectivity index (χ1) is 9.17. The smallest absolute Gasteiger partial charge is 0.315 e. The van der Waals surface area contributed by atoms with E-state index < -0.39 is 0 Å². The third-order valence-electron chi connectivity index (χ3n) is 3.42. The van der Waals surface area contributed by atoms with E-state index in [0.29, 0.717) is 6.54 Å². The quantitative estimate of drug-likeness (QED) is 0.893. The zero-order chi connectivity index (χ0) is 13.7. The Labute approximate surface area is 122 Å². The van der Waals surface area contributed by atoms with Gasteiger partial charge in [-0.25, -0.2) is 4.79 Å². The van der Waals surface area contributed by atoms with Gasteiger partial charge in [0.15, 0.2) is 0 Å². The summed E-state index contributed by atoms with van der Waals surface area (Å²) in [7, 11) is 1.72. The molecule has 0 aromatic heterocycles. The van der Waals surface area contributed by atoms with E-state index >= 15 is 0 Å². The molecule has 2 unspecified atom stereocenters. The van der Waals surface area contributed by atoms with Gasteiger partial charge in [-0.05, 0) is 37.0 Å². The fourth-order valence-corrected chi connectivity index (χ4v) is 2.57. The third kappa shape index (κ3) is 4.51. The second kappa shape index (κ2) is 6.91. The van der Waals surface area contributed by atoms with E-state index in [1.165, 1.54) is 0 Å². The number of urea groups is 1. The number of amides is 2. The normalized spacial score (nSPS) is 22.2. The average molecular weight is 327 g/mol. The van der Waals surface area contributed by atoms with E-state index in [2.05, 4.69) is 26.6 Å². The first-order valence-electron chi connectivity index (χ1n) is 6.49. The summed E-state index contributed by atoms with van der Waals surface area (Å²) in [6, 6.07) is 8.03. The molecule has 0 heterocycles. The average Bonchev–Trinajstić information content (AvgIpc) is 2.86. The largest absolute Gasteiger partial charge is 0.381 e. The van der Waals surface area contributed by atoms with Gasteiger partial charge in [0.05, 0.1) is 6.10 Å². The van der Waals surface area contributed by atoms with Gasteiger partial charge in [-0.1, -0.05) is 28.1 Å². The second-order valence-electron chi connectivity index (χ2n) is 4.82. The van der Waals surface area contributed by atoms with Crippen molar-refractivity contribution in [3.8, 4) is 0 Å². The van der Waals surface area contributed by atoms with Gasteiger partial charge in [-0.2, -0.15) is 0 Å². The topological polar surface area (TPSA) is 50.4 Å². The van der Waals surface area contributed by atoms with Crippen LogP contribution in [0.2, 0.25) is 0 Å². The zero-order valence-corrected chi connectivity index (χ0v) is 12.6. The number of carbonyl (C=O) groups is 1. The number of nitrogens with one attached hydrogen (secondary N) is 2.